The Labute approximate surface area is 187 Å². The molecule has 2 heterocycles. The minimum Gasteiger partial charge on any atom is -0.453 e. The number of halogens is 1. The van der Waals surface area contributed by atoms with Gasteiger partial charge in [-0.1, -0.05) is 58.0 Å². The average molecular weight is 485 g/mol. The molecule has 1 amide bonds. The third kappa shape index (κ3) is 4.76. The summed E-state index contributed by atoms with van der Waals surface area (Å²) in [6, 6.07) is 17.9. The molecule has 1 N–H and O–H groups in total. The van der Waals surface area contributed by atoms with Crippen LogP contribution in [-0.2, 0) is 17.8 Å². The zero-order chi connectivity index (χ0) is 20.9. The second kappa shape index (κ2) is 9.49. The molecule has 0 atom stereocenters. The molecule has 2 aromatic carbocycles. The van der Waals surface area contributed by atoms with Gasteiger partial charge in [-0.15, -0.1) is 10.2 Å². The van der Waals surface area contributed by atoms with Crippen molar-refractivity contribution in [3.05, 3.63) is 64.6 Å². The highest BCUT2D eigenvalue weighted by molar-refractivity contribution is 9.10. The Kier molecular flexibility index (Phi) is 6.54. The van der Waals surface area contributed by atoms with Crippen molar-refractivity contribution in [2.75, 3.05) is 12.3 Å². The van der Waals surface area contributed by atoms with Crippen molar-refractivity contribution in [1.29, 1.82) is 0 Å². The number of hydrogen-bond acceptors (Lipinski definition) is 5. The summed E-state index contributed by atoms with van der Waals surface area (Å²) in [5, 5.41) is 13.2. The van der Waals surface area contributed by atoms with Crippen LogP contribution >= 0.6 is 27.7 Å². The standard InChI is InChI=1S/C22H21BrN4O2S/c1-2-27-21(19-13-16-12-17(23)8-9-18(16)29-19)25-26-22(27)30-14-20(28)24-11-10-15-6-4-3-5-7-15/h3-9,12-13H,2,10-11,14H2,1H3,(H,24,28). The molecule has 0 radical (unpaired) electrons. The fourth-order valence-electron chi connectivity index (χ4n) is 3.16. The van der Waals surface area contributed by atoms with Crippen molar-refractivity contribution < 1.29 is 9.21 Å². The molecule has 4 rings (SSSR count). The summed E-state index contributed by atoms with van der Waals surface area (Å²) >= 11 is 4.86. The molecular weight excluding hydrogens is 464 g/mol. The number of carbonyl (C=O) groups is 1. The number of carbonyl (C=O) groups excluding carboxylic acids is 1. The van der Waals surface area contributed by atoms with Crippen molar-refractivity contribution >= 4 is 44.6 Å². The molecule has 0 fully saturated rings. The van der Waals surface area contributed by atoms with Crippen molar-refractivity contribution in [1.82, 2.24) is 20.1 Å². The van der Waals surface area contributed by atoms with Gasteiger partial charge in [0.25, 0.3) is 0 Å². The van der Waals surface area contributed by atoms with E-state index in [0.29, 0.717) is 35.6 Å². The van der Waals surface area contributed by atoms with Crippen LogP contribution in [-0.4, -0.2) is 33.0 Å². The molecule has 0 bridgehead atoms. The molecule has 30 heavy (non-hydrogen) atoms. The third-order valence-corrected chi connectivity index (χ3v) is 6.10. The Morgan fingerprint density at radius 2 is 2.00 bits per heavy atom. The monoisotopic (exact) mass is 484 g/mol. The molecule has 0 unspecified atom stereocenters. The highest BCUT2D eigenvalue weighted by Gasteiger charge is 2.18. The van der Waals surface area contributed by atoms with Crippen molar-refractivity contribution in [3.63, 3.8) is 0 Å². The lowest BCUT2D eigenvalue weighted by Gasteiger charge is -2.07. The highest BCUT2D eigenvalue weighted by Crippen LogP contribution is 2.30. The van der Waals surface area contributed by atoms with Crippen molar-refractivity contribution in [3.8, 4) is 11.6 Å². The Bertz CT molecular complexity index is 1160. The Balaban J connectivity index is 1.39. The number of thioether (sulfide) groups is 1. The van der Waals surface area contributed by atoms with Crippen LogP contribution in [0.5, 0.6) is 0 Å². The van der Waals surface area contributed by atoms with E-state index >= 15 is 0 Å². The SMILES string of the molecule is CCn1c(SCC(=O)NCCc2ccccc2)nnc1-c1cc2cc(Br)ccc2o1. The van der Waals surface area contributed by atoms with E-state index in [1.165, 1.54) is 17.3 Å². The molecule has 8 heteroatoms. The summed E-state index contributed by atoms with van der Waals surface area (Å²) in [6.45, 7) is 3.32. The predicted molar refractivity (Wildman–Crippen MR) is 122 cm³/mol. The van der Waals surface area contributed by atoms with E-state index in [1.807, 2.05) is 54.0 Å². The fraction of sp³-hybridized carbons (Fsp3) is 0.227. The summed E-state index contributed by atoms with van der Waals surface area (Å²) in [7, 11) is 0. The molecule has 0 saturated carbocycles. The van der Waals surface area contributed by atoms with E-state index in [4.69, 9.17) is 4.42 Å². The first-order valence-corrected chi connectivity index (χ1v) is 11.5. The van der Waals surface area contributed by atoms with Gasteiger partial charge in [0.15, 0.2) is 10.9 Å². The molecule has 154 valence electrons. The first kappa shape index (κ1) is 20.7. The number of amides is 1. The number of benzene rings is 2. The number of aromatic nitrogens is 3. The number of nitrogens with zero attached hydrogens (tertiary/aromatic N) is 3. The number of fused-ring (bicyclic) bond motifs is 1. The number of rotatable bonds is 8. The topological polar surface area (TPSA) is 73.0 Å². The van der Waals surface area contributed by atoms with Crippen LogP contribution in [0.15, 0.2) is 68.6 Å². The summed E-state index contributed by atoms with van der Waals surface area (Å²) in [5.41, 5.74) is 2.00. The maximum atomic E-state index is 12.2. The van der Waals surface area contributed by atoms with Gasteiger partial charge >= 0.3 is 0 Å². The van der Waals surface area contributed by atoms with Crippen LogP contribution in [0.3, 0.4) is 0 Å². The van der Waals surface area contributed by atoms with Crippen LogP contribution in [0.4, 0.5) is 0 Å². The van der Waals surface area contributed by atoms with Gasteiger partial charge in [-0.3, -0.25) is 9.36 Å². The number of nitrogens with one attached hydrogen (secondary N) is 1. The zero-order valence-electron chi connectivity index (χ0n) is 16.5. The average Bonchev–Trinajstić information content (AvgIpc) is 3.36. The maximum Gasteiger partial charge on any atom is 0.230 e. The minimum absolute atomic E-state index is 0.0169. The van der Waals surface area contributed by atoms with E-state index in [1.54, 1.807) is 0 Å². The smallest absolute Gasteiger partial charge is 0.230 e. The Morgan fingerprint density at radius 1 is 1.17 bits per heavy atom. The second-order valence-electron chi connectivity index (χ2n) is 6.72. The quantitative estimate of drug-likeness (QED) is 0.359. The van der Waals surface area contributed by atoms with Crippen LogP contribution in [0, 0.1) is 0 Å². The largest absolute Gasteiger partial charge is 0.453 e. The molecular formula is C22H21BrN4O2S. The molecule has 6 nitrogen and oxygen atoms in total. The van der Waals surface area contributed by atoms with Gasteiger partial charge < -0.3 is 9.73 Å². The normalized spacial score (nSPS) is 11.1. The molecule has 0 saturated heterocycles. The molecule has 0 aliphatic heterocycles. The van der Waals surface area contributed by atoms with Gasteiger partial charge in [0, 0.05) is 22.9 Å². The van der Waals surface area contributed by atoms with Gasteiger partial charge in [0.05, 0.1) is 5.75 Å². The minimum atomic E-state index is -0.0169. The van der Waals surface area contributed by atoms with Gasteiger partial charge in [0.2, 0.25) is 11.7 Å². The van der Waals surface area contributed by atoms with Crippen LogP contribution in [0.2, 0.25) is 0 Å². The third-order valence-electron chi connectivity index (χ3n) is 4.64. The van der Waals surface area contributed by atoms with E-state index < -0.39 is 0 Å². The molecule has 0 aliphatic carbocycles. The van der Waals surface area contributed by atoms with Crippen LogP contribution in [0.25, 0.3) is 22.6 Å². The molecule has 0 aliphatic rings. The second-order valence-corrected chi connectivity index (χ2v) is 8.58. The molecule has 0 spiro atoms. The first-order chi connectivity index (χ1) is 14.6. The van der Waals surface area contributed by atoms with E-state index in [-0.39, 0.29) is 5.91 Å². The van der Waals surface area contributed by atoms with Crippen molar-refractivity contribution in [2.45, 2.75) is 25.0 Å². The molecule has 4 aromatic rings. The highest BCUT2D eigenvalue weighted by atomic mass is 79.9. The number of hydrogen-bond donors (Lipinski definition) is 1. The Morgan fingerprint density at radius 3 is 2.80 bits per heavy atom. The van der Waals surface area contributed by atoms with E-state index in [9.17, 15) is 4.79 Å². The number of furan rings is 1. The summed E-state index contributed by atoms with van der Waals surface area (Å²) in [4.78, 5) is 12.2. The van der Waals surface area contributed by atoms with E-state index in [2.05, 4.69) is 43.6 Å². The lowest BCUT2D eigenvalue weighted by Crippen LogP contribution is -2.27. The van der Waals surface area contributed by atoms with Crippen LogP contribution < -0.4 is 5.32 Å². The Hall–Kier alpha value is -2.58. The van der Waals surface area contributed by atoms with Gasteiger partial charge in [-0.25, -0.2) is 0 Å². The lowest BCUT2D eigenvalue weighted by atomic mass is 10.1. The van der Waals surface area contributed by atoms with Gasteiger partial charge in [-0.2, -0.15) is 0 Å². The lowest BCUT2D eigenvalue weighted by molar-refractivity contribution is -0.118. The molecule has 2 aromatic heterocycles. The van der Waals surface area contributed by atoms with Crippen molar-refractivity contribution in [2.24, 2.45) is 0 Å². The van der Waals surface area contributed by atoms with Gasteiger partial charge in [-0.05, 0) is 43.2 Å². The van der Waals surface area contributed by atoms with Crippen LogP contribution in [0.1, 0.15) is 12.5 Å². The summed E-state index contributed by atoms with van der Waals surface area (Å²) < 4.78 is 8.91. The maximum absolute atomic E-state index is 12.2. The fourth-order valence-corrected chi connectivity index (χ4v) is 4.37. The zero-order valence-corrected chi connectivity index (χ0v) is 18.9. The first-order valence-electron chi connectivity index (χ1n) is 9.70. The van der Waals surface area contributed by atoms with Gasteiger partial charge in [0.1, 0.15) is 5.58 Å². The predicted octanol–water partition coefficient (Wildman–Crippen LogP) is 4.92. The summed E-state index contributed by atoms with van der Waals surface area (Å²) in [5.74, 6) is 1.60. The van der Waals surface area contributed by atoms with E-state index in [0.717, 1.165) is 21.9 Å². The summed E-state index contributed by atoms with van der Waals surface area (Å²) in [6.07, 6.45) is 0.814.